The second-order valence-electron chi connectivity index (χ2n) is 3.74. The second-order valence-corrected chi connectivity index (χ2v) is 3.74. The molecule has 0 spiro atoms. The van der Waals surface area contributed by atoms with Gasteiger partial charge >= 0.3 is 0 Å². The van der Waals surface area contributed by atoms with Gasteiger partial charge in [0.25, 0.3) is 5.69 Å². The minimum Gasteiger partial charge on any atom is -0.394 e. The molecule has 1 aromatic carbocycles. The first-order valence-corrected chi connectivity index (χ1v) is 5.37. The zero-order valence-corrected chi connectivity index (χ0v) is 9.87. The molecule has 0 aliphatic carbocycles. The number of rotatable bonds is 5. The zero-order chi connectivity index (χ0) is 13.5. The molecule has 6 nitrogen and oxygen atoms in total. The highest BCUT2D eigenvalue weighted by atomic mass is 16.6. The zero-order valence-electron chi connectivity index (χ0n) is 9.87. The van der Waals surface area contributed by atoms with Crippen molar-refractivity contribution in [2.45, 2.75) is 13.0 Å². The van der Waals surface area contributed by atoms with Crippen LogP contribution in [0.2, 0.25) is 0 Å². The summed E-state index contributed by atoms with van der Waals surface area (Å²) in [6, 6.07) is 5.78. The molecule has 0 unspecified atom stereocenters. The molecule has 0 aliphatic heterocycles. The van der Waals surface area contributed by atoms with Crippen LogP contribution in [-0.2, 0) is 4.79 Å². The van der Waals surface area contributed by atoms with E-state index in [0.29, 0.717) is 5.56 Å². The number of carbonyl (C=O) groups is 1. The van der Waals surface area contributed by atoms with Gasteiger partial charge in [-0.25, -0.2) is 0 Å². The van der Waals surface area contributed by atoms with Crippen molar-refractivity contribution in [3.8, 4) is 0 Å². The Morgan fingerprint density at radius 2 is 2.22 bits per heavy atom. The van der Waals surface area contributed by atoms with E-state index in [2.05, 4.69) is 5.32 Å². The highest BCUT2D eigenvalue weighted by molar-refractivity contribution is 5.92. The van der Waals surface area contributed by atoms with Gasteiger partial charge in [-0.05, 0) is 19.1 Å². The van der Waals surface area contributed by atoms with Gasteiger partial charge in [0.15, 0.2) is 0 Å². The van der Waals surface area contributed by atoms with Crippen molar-refractivity contribution in [2.75, 3.05) is 6.61 Å². The molecule has 0 heterocycles. The molecule has 96 valence electrons. The van der Waals surface area contributed by atoms with Gasteiger partial charge in [0, 0.05) is 18.2 Å². The fraction of sp³-hybridized carbons (Fsp3) is 0.250. The fourth-order valence-electron chi connectivity index (χ4n) is 1.30. The van der Waals surface area contributed by atoms with Gasteiger partial charge in [0.05, 0.1) is 17.1 Å². The molecule has 1 atom stereocenters. The molecular formula is C12H14N2O4. The monoisotopic (exact) mass is 250 g/mol. The summed E-state index contributed by atoms with van der Waals surface area (Å²) in [6.07, 6.45) is 2.58. The smallest absolute Gasteiger partial charge is 0.276 e. The summed E-state index contributed by atoms with van der Waals surface area (Å²) in [6.45, 7) is 1.49. The van der Waals surface area contributed by atoms with Crippen LogP contribution < -0.4 is 5.32 Å². The van der Waals surface area contributed by atoms with E-state index in [4.69, 9.17) is 5.11 Å². The molecule has 0 bridgehead atoms. The molecule has 0 aromatic heterocycles. The summed E-state index contributed by atoms with van der Waals surface area (Å²) in [5.74, 6) is -0.408. The average molecular weight is 250 g/mol. The van der Waals surface area contributed by atoms with E-state index in [1.54, 1.807) is 25.1 Å². The predicted octanol–water partition coefficient (Wildman–Crippen LogP) is 1.11. The van der Waals surface area contributed by atoms with Crippen LogP contribution in [0.3, 0.4) is 0 Å². The third-order valence-corrected chi connectivity index (χ3v) is 2.21. The maximum absolute atomic E-state index is 11.4. The fourth-order valence-corrected chi connectivity index (χ4v) is 1.30. The Labute approximate surface area is 104 Å². The van der Waals surface area contributed by atoms with Gasteiger partial charge in [-0.15, -0.1) is 0 Å². The van der Waals surface area contributed by atoms with Crippen molar-refractivity contribution in [2.24, 2.45) is 0 Å². The number of para-hydroxylation sites is 1. The number of hydrogen-bond acceptors (Lipinski definition) is 4. The molecule has 1 rings (SSSR count). The Morgan fingerprint density at radius 1 is 1.56 bits per heavy atom. The van der Waals surface area contributed by atoms with Crippen molar-refractivity contribution < 1.29 is 14.8 Å². The Hall–Kier alpha value is -2.21. The summed E-state index contributed by atoms with van der Waals surface area (Å²) < 4.78 is 0. The lowest BCUT2D eigenvalue weighted by atomic mass is 10.1. The lowest BCUT2D eigenvalue weighted by molar-refractivity contribution is -0.385. The van der Waals surface area contributed by atoms with Crippen molar-refractivity contribution in [3.05, 3.63) is 46.0 Å². The summed E-state index contributed by atoms with van der Waals surface area (Å²) in [5, 5.41) is 22.0. The van der Waals surface area contributed by atoms with E-state index in [9.17, 15) is 14.9 Å². The first-order valence-electron chi connectivity index (χ1n) is 5.37. The molecule has 1 amide bonds. The number of aliphatic hydroxyl groups is 1. The van der Waals surface area contributed by atoms with E-state index in [1.807, 2.05) is 0 Å². The normalized spacial score (nSPS) is 12.3. The molecule has 6 heteroatoms. The number of nitrogens with one attached hydrogen (secondary N) is 1. The molecule has 0 saturated carbocycles. The van der Waals surface area contributed by atoms with Crippen LogP contribution in [0.15, 0.2) is 30.3 Å². The van der Waals surface area contributed by atoms with Crippen molar-refractivity contribution in [1.82, 2.24) is 5.32 Å². The van der Waals surface area contributed by atoms with Gasteiger partial charge in [0.2, 0.25) is 5.91 Å². The van der Waals surface area contributed by atoms with Gasteiger partial charge in [-0.3, -0.25) is 14.9 Å². The van der Waals surface area contributed by atoms with E-state index < -0.39 is 10.8 Å². The first kappa shape index (κ1) is 13.9. The number of amides is 1. The van der Waals surface area contributed by atoms with Crippen molar-refractivity contribution in [3.63, 3.8) is 0 Å². The van der Waals surface area contributed by atoms with E-state index >= 15 is 0 Å². The van der Waals surface area contributed by atoms with E-state index in [1.165, 1.54) is 18.2 Å². The van der Waals surface area contributed by atoms with E-state index in [0.717, 1.165) is 0 Å². The molecule has 0 saturated heterocycles. The van der Waals surface area contributed by atoms with Crippen LogP contribution in [0.1, 0.15) is 12.5 Å². The van der Waals surface area contributed by atoms with Crippen LogP contribution in [0, 0.1) is 10.1 Å². The topological polar surface area (TPSA) is 92.5 Å². The maximum atomic E-state index is 11.4. The third kappa shape index (κ3) is 3.99. The van der Waals surface area contributed by atoms with Crippen LogP contribution in [0.5, 0.6) is 0 Å². The minimum atomic E-state index is -0.506. The number of nitrogens with zero attached hydrogens (tertiary/aromatic N) is 1. The van der Waals surface area contributed by atoms with Crippen molar-refractivity contribution >= 4 is 17.7 Å². The number of nitro benzene ring substituents is 1. The van der Waals surface area contributed by atoms with Crippen LogP contribution in [-0.4, -0.2) is 28.6 Å². The van der Waals surface area contributed by atoms with Crippen LogP contribution in [0.4, 0.5) is 5.69 Å². The maximum Gasteiger partial charge on any atom is 0.276 e. The number of nitro groups is 1. The highest BCUT2D eigenvalue weighted by Gasteiger charge is 2.10. The van der Waals surface area contributed by atoms with Crippen LogP contribution in [0.25, 0.3) is 6.08 Å². The predicted molar refractivity (Wildman–Crippen MR) is 66.8 cm³/mol. The Balaban J connectivity index is 2.78. The molecule has 0 aliphatic rings. The molecule has 18 heavy (non-hydrogen) atoms. The molecule has 1 aromatic rings. The number of benzene rings is 1. The minimum absolute atomic E-state index is 0.0586. The quantitative estimate of drug-likeness (QED) is 0.465. The standard InChI is InChI=1S/C12H14N2O4/c1-9(8-15)13-12(16)7-6-10-4-2-3-5-11(10)14(17)18/h2-7,9,15H,8H2,1H3,(H,13,16)/t9-/m1/s1. The van der Waals surface area contributed by atoms with Gasteiger partial charge in [0.1, 0.15) is 0 Å². The van der Waals surface area contributed by atoms with E-state index in [-0.39, 0.29) is 18.3 Å². The SMILES string of the molecule is C[C@H](CO)NC(=O)C=Cc1ccccc1[N+](=O)[O-]. The van der Waals surface area contributed by atoms with Gasteiger partial charge in [-0.1, -0.05) is 12.1 Å². The number of hydrogen-bond donors (Lipinski definition) is 2. The summed E-state index contributed by atoms with van der Waals surface area (Å²) >= 11 is 0. The molecule has 0 radical (unpaired) electrons. The average Bonchev–Trinajstić information content (AvgIpc) is 2.36. The number of aliphatic hydroxyl groups excluding tert-OH is 1. The molecule has 0 fully saturated rings. The molecular weight excluding hydrogens is 236 g/mol. The largest absolute Gasteiger partial charge is 0.394 e. The van der Waals surface area contributed by atoms with Gasteiger partial charge < -0.3 is 10.4 Å². The Bertz CT molecular complexity index is 471. The van der Waals surface area contributed by atoms with Gasteiger partial charge in [-0.2, -0.15) is 0 Å². The van der Waals surface area contributed by atoms with Crippen LogP contribution >= 0.6 is 0 Å². The second kappa shape index (κ2) is 6.51. The first-order chi connectivity index (χ1) is 8.54. The summed E-state index contributed by atoms with van der Waals surface area (Å²) in [4.78, 5) is 21.6. The molecule has 2 N–H and O–H groups in total. The lowest BCUT2D eigenvalue weighted by Crippen LogP contribution is -2.33. The summed E-state index contributed by atoms with van der Waals surface area (Å²) in [7, 11) is 0. The highest BCUT2D eigenvalue weighted by Crippen LogP contribution is 2.18. The van der Waals surface area contributed by atoms with Crippen molar-refractivity contribution in [1.29, 1.82) is 0 Å². The Kier molecular flexibility index (Phi) is 5.01. The Morgan fingerprint density at radius 3 is 2.83 bits per heavy atom. The lowest BCUT2D eigenvalue weighted by Gasteiger charge is -2.07. The summed E-state index contributed by atoms with van der Waals surface area (Å²) in [5.41, 5.74) is 0.297. The third-order valence-electron chi connectivity index (χ3n) is 2.21. The number of carbonyl (C=O) groups excluding carboxylic acids is 1.